The normalized spacial score (nSPS) is 20.6. The molecule has 96 valence electrons. The molecular weight excluding hydrogens is 226 g/mol. The van der Waals surface area contributed by atoms with E-state index in [1.807, 2.05) is 11.3 Å². The summed E-state index contributed by atoms with van der Waals surface area (Å²) in [7, 11) is 0. The zero-order valence-corrected chi connectivity index (χ0v) is 12.0. The third kappa shape index (κ3) is 3.32. The Labute approximate surface area is 110 Å². The van der Waals surface area contributed by atoms with Crippen molar-refractivity contribution in [1.82, 2.24) is 5.32 Å². The fourth-order valence-electron chi connectivity index (χ4n) is 3.22. The molecule has 1 atom stereocenters. The second kappa shape index (κ2) is 6.01. The Balaban J connectivity index is 1.92. The van der Waals surface area contributed by atoms with Gasteiger partial charge in [-0.2, -0.15) is 0 Å². The van der Waals surface area contributed by atoms with E-state index in [0.29, 0.717) is 11.5 Å². The zero-order chi connectivity index (χ0) is 12.1. The van der Waals surface area contributed by atoms with Crippen molar-refractivity contribution < 1.29 is 0 Å². The second-order valence-corrected chi connectivity index (χ2v) is 6.62. The molecule has 2 rings (SSSR count). The van der Waals surface area contributed by atoms with Crippen LogP contribution in [0.5, 0.6) is 0 Å². The Kier molecular flexibility index (Phi) is 4.63. The molecule has 0 aliphatic heterocycles. The van der Waals surface area contributed by atoms with Gasteiger partial charge in [-0.1, -0.05) is 32.8 Å². The van der Waals surface area contributed by atoms with E-state index in [2.05, 4.69) is 36.7 Å². The van der Waals surface area contributed by atoms with Crippen LogP contribution in [0.1, 0.15) is 50.8 Å². The number of thiophene rings is 1. The van der Waals surface area contributed by atoms with Crippen molar-refractivity contribution in [3.63, 3.8) is 0 Å². The minimum Gasteiger partial charge on any atom is -0.314 e. The van der Waals surface area contributed by atoms with E-state index < -0.39 is 0 Å². The first-order valence-electron chi connectivity index (χ1n) is 7.00. The Morgan fingerprint density at radius 1 is 1.41 bits per heavy atom. The summed E-state index contributed by atoms with van der Waals surface area (Å²) in [5.74, 6) is 0. The van der Waals surface area contributed by atoms with Crippen LogP contribution in [-0.4, -0.2) is 12.6 Å². The van der Waals surface area contributed by atoms with Gasteiger partial charge in [0.15, 0.2) is 0 Å². The topological polar surface area (TPSA) is 12.0 Å². The van der Waals surface area contributed by atoms with Crippen molar-refractivity contribution >= 4 is 11.3 Å². The lowest BCUT2D eigenvalue weighted by Gasteiger charge is -2.35. The number of nitrogens with one attached hydrogen (secondary N) is 1. The molecule has 0 spiro atoms. The number of hydrogen-bond acceptors (Lipinski definition) is 2. The summed E-state index contributed by atoms with van der Waals surface area (Å²) in [4.78, 5) is 1.54. The first-order valence-corrected chi connectivity index (χ1v) is 7.88. The van der Waals surface area contributed by atoms with E-state index in [1.54, 1.807) is 0 Å². The molecule has 1 N–H and O–H groups in total. The minimum absolute atomic E-state index is 0.549. The fourth-order valence-corrected chi connectivity index (χ4v) is 3.94. The first-order chi connectivity index (χ1) is 8.24. The average Bonchev–Trinajstić information content (AvgIpc) is 2.96. The molecule has 0 aromatic carbocycles. The Bertz CT molecular complexity index is 312. The lowest BCUT2D eigenvalue weighted by atomic mass is 9.78. The smallest absolute Gasteiger partial charge is 0.0124 e. The summed E-state index contributed by atoms with van der Waals surface area (Å²) in [6, 6.07) is 5.14. The van der Waals surface area contributed by atoms with Gasteiger partial charge in [-0.3, -0.25) is 0 Å². The van der Waals surface area contributed by atoms with Crippen molar-refractivity contribution in [3.8, 4) is 0 Å². The van der Waals surface area contributed by atoms with Crippen LogP contribution in [0.2, 0.25) is 0 Å². The van der Waals surface area contributed by atoms with Crippen molar-refractivity contribution in [2.24, 2.45) is 5.41 Å². The van der Waals surface area contributed by atoms with Crippen molar-refractivity contribution in [1.29, 1.82) is 0 Å². The summed E-state index contributed by atoms with van der Waals surface area (Å²) in [5, 5.41) is 5.92. The van der Waals surface area contributed by atoms with Crippen LogP contribution >= 0.6 is 11.3 Å². The van der Waals surface area contributed by atoms with Crippen LogP contribution in [0.3, 0.4) is 0 Å². The van der Waals surface area contributed by atoms with Crippen molar-refractivity contribution in [3.05, 3.63) is 22.4 Å². The number of aryl methyl sites for hydroxylation is 1. The fraction of sp³-hybridized carbons (Fsp3) is 0.733. The second-order valence-electron chi connectivity index (χ2n) is 5.59. The van der Waals surface area contributed by atoms with Crippen molar-refractivity contribution in [2.45, 2.75) is 58.4 Å². The molecule has 1 nitrogen and oxygen atoms in total. The molecule has 2 heteroatoms. The molecule has 1 heterocycles. The standard InChI is InChI=1S/C15H25NS/c1-3-16-14(15(2)10-4-5-11-15)9-8-13-7-6-12-17-13/h6-7,12,14,16H,3-5,8-11H2,1-2H3. The molecule has 1 saturated carbocycles. The van der Waals surface area contributed by atoms with Crippen LogP contribution in [0.25, 0.3) is 0 Å². The van der Waals surface area contributed by atoms with E-state index in [1.165, 1.54) is 43.4 Å². The summed E-state index contributed by atoms with van der Waals surface area (Å²) < 4.78 is 0. The Morgan fingerprint density at radius 3 is 2.76 bits per heavy atom. The quantitative estimate of drug-likeness (QED) is 0.797. The molecule has 1 unspecified atom stereocenters. The Morgan fingerprint density at radius 2 is 2.18 bits per heavy atom. The molecule has 0 radical (unpaired) electrons. The molecule has 0 amide bonds. The van der Waals surface area contributed by atoms with Gasteiger partial charge in [0.2, 0.25) is 0 Å². The molecule has 0 bridgehead atoms. The maximum absolute atomic E-state index is 3.73. The third-order valence-electron chi connectivity index (χ3n) is 4.30. The highest BCUT2D eigenvalue weighted by Gasteiger charge is 2.35. The molecule has 1 aliphatic rings. The Hall–Kier alpha value is -0.340. The molecule has 17 heavy (non-hydrogen) atoms. The third-order valence-corrected chi connectivity index (χ3v) is 5.23. The van der Waals surface area contributed by atoms with E-state index in [9.17, 15) is 0 Å². The number of hydrogen-bond donors (Lipinski definition) is 1. The summed E-state index contributed by atoms with van der Waals surface area (Å²) >= 11 is 1.90. The van der Waals surface area contributed by atoms with E-state index in [0.717, 1.165) is 6.54 Å². The lowest BCUT2D eigenvalue weighted by molar-refractivity contribution is 0.213. The van der Waals surface area contributed by atoms with Gasteiger partial charge < -0.3 is 5.32 Å². The van der Waals surface area contributed by atoms with Gasteiger partial charge in [-0.25, -0.2) is 0 Å². The van der Waals surface area contributed by atoms with E-state index >= 15 is 0 Å². The molecule has 0 saturated heterocycles. The lowest BCUT2D eigenvalue weighted by Crippen LogP contribution is -2.42. The predicted octanol–water partition coefficient (Wildman–Crippen LogP) is 4.24. The van der Waals surface area contributed by atoms with E-state index in [-0.39, 0.29) is 0 Å². The van der Waals surface area contributed by atoms with Gasteiger partial charge >= 0.3 is 0 Å². The van der Waals surface area contributed by atoms with Crippen LogP contribution in [0.4, 0.5) is 0 Å². The highest BCUT2D eigenvalue weighted by atomic mass is 32.1. The summed E-state index contributed by atoms with van der Waals surface area (Å²) in [5.41, 5.74) is 0.549. The molecule has 1 aromatic rings. The van der Waals surface area contributed by atoms with Crippen LogP contribution in [0.15, 0.2) is 17.5 Å². The minimum atomic E-state index is 0.549. The summed E-state index contributed by atoms with van der Waals surface area (Å²) in [6.07, 6.45) is 8.22. The zero-order valence-electron chi connectivity index (χ0n) is 11.2. The van der Waals surface area contributed by atoms with Crippen LogP contribution < -0.4 is 5.32 Å². The van der Waals surface area contributed by atoms with Crippen LogP contribution in [0, 0.1) is 5.41 Å². The van der Waals surface area contributed by atoms with Gasteiger partial charge in [0, 0.05) is 10.9 Å². The molecule has 1 aromatic heterocycles. The first kappa shape index (κ1) is 13.1. The maximum atomic E-state index is 3.73. The monoisotopic (exact) mass is 251 g/mol. The highest BCUT2D eigenvalue weighted by molar-refractivity contribution is 7.09. The SMILES string of the molecule is CCNC(CCc1cccs1)C1(C)CCCC1. The molecular formula is C15H25NS. The van der Waals surface area contributed by atoms with E-state index in [4.69, 9.17) is 0 Å². The van der Waals surface area contributed by atoms with Gasteiger partial charge in [0.05, 0.1) is 0 Å². The van der Waals surface area contributed by atoms with Gasteiger partial charge in [0.25, 0.3) is 0 Å². The van der Waals surface area contributed by atoms with Gasteiger partial charge in [-0.05, 0) is 49.1 Å². The average molecular weight is 251 g/mol. The molecule has 1 fully saturated rings. The maximum Gasteiger partial charge on any atom is 0.0124 e. The largest absolute Gasteiger partial charge is 0.314 e. The van der Waals surface area contributed by atoms with Crippen molar-refractivity contribution in [2.75, 3.05) is 6.54 Å². The predicted molar refractivity (Wildman–Crippen MR) is 76.7 cm³/mol. The summed E-state index contributed by atoms with van der Waals surface area (Å²) in [6.45, 7) is 5.82. The number of rotatable bonds is 6. The van der Waals surface area contributed by atoms with Gasteiger partial charge in [-0.15, -0.1) is 11.3 Å². The molecule has 1 aliphatic carbocycles. The highest BCUT2D eigenvalue weighted by Crippen LogP contribution is 2.41. The van der Waals surface area contributed by atoms with Crippen LogP contribution in [-0.2, 0) is 6.42 Å². The van der Waals surface area contributed by atoms with Gasteiger partial charge in [0.1, 0.15) is 0 Å².